The van der Waals surface area contributed by atoms with E-state index < -0.39 is 6.10 Å². The van der Waals surface area contributed by atoms with Crippen molar-refractivity contribution in [1.82, 2.24) is 0 Å². The number of aliphatic hydroxyl groups is 1. The molecular weight excluding hydrogens is 328 g/mol. The van der Waals surface area contributed by atoms with Crippen LogP contribution in [0.3, 0.4) is 0 Å². The first-order chi connectivity index (χ1) is 10.1. The van der Waals surface area contributed by atoms with Crippen LogP contribution in [-0.4, -0.2) is 11.7 Å². The fraction of sp³-hybridized carbons (Fsp3) is 0.667. The van der Waals surface area contributed by atoms with Crippen LogP contribution in [0.4, 0.5) is 0 Å². The van der Waals surface area contributed by atoms with Crippen LogP contribution in [0, 0.1) is 0 Å². The van der Waals surface area contributed by atoms with Crippen molar-refractivity contribution in [1.29, 1.82) is 0 Å². The minimum atomic E-state index is -0.494. The highest BCUT2D eigenvalue weighted by Gasteiger charge is 2.09. The summed E-state index contributed by atoms with van der Waals surface area (Å²) in [5.74, 6) is 0.794. The normalized spacial score (nSPS) is 12.4. The lowest BCUT2D eigenvalue weighted by Gasteiger charge is -2.14. The molecule has 0 unspecified atom stereocenters. The second-order valence-corrected chi connectivity index (χ2v) is 6.60. The van der Waals surface area contributed by atoms with Crippen molar-refractivity contribution in [3.05, 3.63) is 28.2 Å². The van der Waals surface area contributed by atoms with E-state index in [2.05, 4.69) is 22.9 Å². The van der Waals surface area contributed by atoms with Gasteiger partial charge in [-0.1, -0.05) is 73.9 Å². The molecule has 0 aliphatic heterocycles. The molecule has 1 N–H and O–H groups in total. The van der Waals surface area contributed by atoms with E-state index in [1.54, 1.807) is 6.92 Å². The predicted molar refractivity (Wildman–Crippen MR) is 92.9 cm³/mol. The summed E-state index contributed by atoms with van der Waals surface area (Å²) >= 11 is 3.45. The first-order valence-corrected chi connectivity index (χ1v) is 9.04. The Labute approximate surface area is 138 Å². The summed E-state index contributed by atoms with van der Waals surface area (Å²) in [6.07, 6.45) is 9.88. The average Bonchev–Trinajstić information content (AvgIpc) is 2.45. The first-order valence-electron chi connectivity index (χ1n) is 8.25. The molecule has 0 heterocycles. The van der Waals surface area contributed by atoms with E-state index in [1.807, 2.05) is 18.2 Å². The van der Waals surface area contributed by atoms with Crippen LogP contribution in [-0.2, 0) is 0 Å². The lowest BCUT2D eigenvalue weighted by Crippen LogP contribution is -2.02. The van der Waals surface area contributed by atoms with E-state index in [0.29, 0.717) is 0 Å². The minimum Gasteiger partial charge on any atom is -0.493 e. The molecule has 120 valence electrons. The van der Waals surface area contributed by atoms with Gasteiger partial charge in [0.05, 0.1) is 12.7 Å². The van der Waals surface area contributed by atoms with Gasteiger partial charge >= 0.3 is 0 Å². The van der Waals surface area contributed by atoms with Crippen molar-refractivity contribution >= 4 is 15.9 Å². The number of halogens is 1. The Morgan fingerprint density at radius 3 is 2.29 bits per heavy atom. The molecule has 0 radical (unpaired) electrons. The van der Waals surface area contributed by atoms with Gasteiger partial charge in [0, 0.05) is 10.0 Å². The van der Waals surface area contributed by atoms with Crippen LogP contribution in [0.5, 0.6) is 5.75 Å². The van der Waals surface area contributed by atoms with E-state index in [0.717, 1.165) is 28.8 Å². The molecule has 0 saturated carbocycles. The van der Waals surface area contributed by atoms with Gasteiger partial charge in [0.25, 0.3) is 0 Å². The van der Waals surface area contributed by atoms with Gasteiger partial charge in [0.1, 0.15) is 5.75 Å². The number of ether oxygens (including phenoxy) is 1. The predicted octanol–water partition coefficient (Wildman–Crippen LogP) is 6.02. The van der Waals surface area contributed by atoms with Crippen LogP contribution < -0.4 is 4.74 Å². The van der Waals surface area contributed by atoms with Gasteiger partial charge in [0.2, 0.25) is 0 Å². The quantitative estimate of drug-likeness (QED) is 0.491. The third kappa shape index (κ3) is 7.87. The monoisotopic (exact) mass is 356 g/mol. The Hall–Kier alpha value is -0.540. The molecule has 0 aliphatic carbocycles. The standard InChI is InChI=1S/C18H29BrO2/c1-3-4-5-6-7-8-9-10-13-21-18-14-16(19)11-12-17(18)15(2)20/h11-12,14-15,20H,3-10,13H2,1-2H3/t15-/m1/s1. The van der Waals surface area contributed by atoms with Crippen molar-refractivity contribution in [2.45, 2.75) is 71.3 Å². The summed E-state index contributed by atoms with van der Waals surface area (Å²) in [5.41, 5.74) is 0.859. The second kappa shape index (κ2) is 11.1. The van der Waals surface area contributed by atoms with Gasteiger partial charge in [-0.2, -0.15) is 0 Å². The maximum absolute atomic E-state index is 9.74. The number of benzene rings is 1. The smallest absolute Gasteiger partial charge is 0.126 e. The number of rotatable bonds is 11. The van der Waals surface area contributed by atoms with Crippen molar-refractivity contribution in [3.63, 3.8) is 0 Å². The molecule has 0 aromatic heterocycles. The van der Waals surface area contributed by atoms with Crippen LogP contribution >= 0.6 is 15.9 Å². The fourth-order valence-electron chi connectivity index (χ4n) is 2.40. The Morgan fingerprint density at radius 2 is 1.67 bits per heavy atom. The van der Waals surface area contributed by atoms with Crippen LogP contribution in [0.1, 0.15) is 76.9 Å². The van der Waals surface area contributed by atoms with Gasteiger partial charge < -0.3 is 9.84 Å². The Morgan fingerprint density at radius 1 is 1.05 bits per heavy atom. The highest BCUT2D eigenvalue weighted by Crippen LogP contribution is 2.28. The Kier molecular flexibility index (Phi) is 9.77. The topological polar surface area (TPSA) is 29.5 Å². The number of aliphatic hydroxyl groups excluding tert-OH is 1. The Bertz CT molecular complexity index is 391. The summed E-state index contributed by atoms with van der Waals surface area (Å²) in [4.78, 5) is 0. The average molecular weight is 357 g/mol. The summed E-state index contributed by atoms with van der Waals surface area (Å²) in [5, 5.41) is 9.74. The molecule has 1 rings (SSSR count). The number of hydrogen-bond acceptors (Lipinski definition) is 2. The van der Waals surface area contributed by atoms with Gasteiger partial charge in [-0.05, 0) is 25.5 Å². The molecule has 0 amide bonds. The third-order valence-electron chi connectivity index (χ3n) is 3.68. The fourth-order valence-corrected chi connectivity index (χ4v) is 2.74. The molecular formula is C18H29BrO2. The highest BCUT2D eigenvalue weighted by atomic mass is 79.9. The molecule has 3 heteroatoms. The minimum absolute atomic E-state index is 0.494. The van der Waals surface area contributed by atoms with Crippen molar-refractivity contribution in [2.75, 3.05) is 6.61 Å². The first kappa shape index (κ1) is 18.5. The van der Waals surface area contributed by atoms with Crippen molar-refractivity contribution < 1.29 is 9.84 Å². The number of hydrogen-bond donors (Lipinski definition) is 1. The van der Waals surface area contributed by atoms with Gasteiger partial charge in [0.15, 0.2) is 0 Å². The van der Waals surface area contributed by atoms with E-state index in [9.17, 15) is 5.11 Å². The van der Waals surface area contributed by atoms with Crippen LogP contribution in [0.25, 0.3) is 0 Å². The lowest BCUT2D eigenvalue weighted by molar-refractivity contribution is 0.190. The molecule has 0 saturated heterocycles. The lowest BCUT2D eigenvalue weighted by atomic mass is 10.1. The summed E-state index contributed by atoms with van der Waals surface area (Å²) in [6, 6.07) is 5.79. The number of unbranched alkanes of at least 4 members (excludes halogenated alkanes) is 7. The van der Waals surface area contributed by atoms with Gasteiger partial charge in [-0.3, -0.25) is 0 Å². The maximum Gasteiger partial charge on any atom is 0.126 e. The molecule has 2 nitrogen and oxygen atoms in total. The van der Waals surface area contributed by atoms with Crippen LogP contribution in [0.2, 0.25) is 0 Å². The second-order valence-electron chi connectivity index (χ2n) is 5.68. The molecule has 1 aromatic carbocycles. The summed E-state index contributed by atoms with van der Waals surface area (Å²) in [7, 11) is 0. The molecule has 1 atom stereocenters. The zero-order valence-electron chi connectivity index (χ0n) is 13.4. The van der Waals surface area contributed by atoms with Gasteiger partial charge in [-0.15, -0.1) is 0 Å². The van der Waals surface area contributed by atoms with Crippen molar-refractivity contribution in [2.24, 2.45) is 0 Å². The van der Waals surface area contributed by atoms with Crippen LogP contribution in [0.15, 0.2) is 22.7 Å². The summed E-state index contributed by atoms with van der Waals surface area (Å²) < 4.78 is 6.82. The molecule has 0 bridgehead atoms. The largest absolute Gasteiger partial charge is 0.493 e. The molecule has 1 aromatic rings. The van der Waals surface area contributed by atoms with E-state index >= 15 is 0 Å². The maximum atomic E-state index is 9.74. The van der Waals surface area contributed by atoms with E-state index in [4.69, 9.17) is 4.74 Å². The molecule has 21 heavy (non-hydrogen) atoms. The zero-order chi connectivity index (χ0) is 15.5. The Balaban J connectivity index is 2.19. The molecule has 0 spiro atoms. The summed E-state index contributed by atoms with van der Waals surface area (Å²) in [6.45, 7) is 4.75. The third-order valence-corrected chi connectivity index (χ3v) is 4.17. The van der Waals surface area contributed by atoms with Gasteiger partial charge in [-0.25, -0.2) is 0 Å². The van der Waals surface area contributed by atoms with E-state index in [-0.39, 0.29) is 0 Å². The SMILES string of the molecule is CCCCCCCCCCOc1cc(Br)ccc1[C@@H](C)O. The van der Waals surface area contributed by atoms with Crippen molar-refractivity contribution in [3.8, 4) is 5.75 Å². The van der Waals surface area contributed by atoms with E-state index in [1.165, 1.54) is 44.9 Å². The molecule has 0 fully saturated rings. The molecule has 0 aliphatic rings. The highest BCUT2D eigenvalue weighted by molar-refractivity contribution is 9.10. The zero-order valence-corrected chi connectivity index (χ0v) is 15.0.